The molecule has 3 aromatic rings. The Bertz CT molecular complexity index is 1070. The van der Waals surface area contributed by atoms with Crippen LogP contribution in [0.5, 0.6) is 0 Å². The average molecular weight is 383 g/mol. The molecular weight excluding hydrogens is 368 g/mol. The predicted octanol–water partition coefficient (Wildman–Crippen LogP) is 3.71. The summed E-state index contributed by atoms with van der Waals surface area (Å²) in [5.74, 6) is -0.434. The Morgan fingerprint density at radius 3 is 1.77 bits per heavy atom. The molecule has 0 amide bonds. The first kappa shape index (κ1) is 16.9. The van der Waals surface area contributed by atoms with Gasteiger partial charge in [-0.2, -0.15) is 0 Å². The lowest BCUT2D eigenvalue weighted by atomic mass is 10.2. The fourth-order valence-electron chi connectivity index (χ4n) is 3.08. The molecule has 4 rings (SSSR count). The Morgan fingerprint density at radius 2 is 1.23 bits per heavy atom. The van der Waals surface area contributed by atoms with Gasteiger partial charge < -0.3 is 4.74 Å². The van der Waals surface area contributed by atoms with E-state index in [-0.39, 0.29) is 0 Å². The minimum Gasteiger partial charge on any atom is -0.465 e. The summed E-state index contributed by atoms with van der Waals surface area (Å²) in [5, 5.41) is 0. The molecule has 26 heavy (non-hydrogen) atoms. The van der Waals surface area contributed by atoms with E-state index in [9.17, 15) is 13.2 Å². The number of hydrogen-bond donors (Lipinski definition) is 0. The molecule has 1 aliphatic rings. The van der Waals surface area contributed by atoms with Crippen molar-refractivity contribution in [1.29, 1.82) is 0 Å². The summed E-state index contributed by atoms with van der Waals surface area (Å²) in [5.41, 5.74) is 0.447. The molecule has 130 valence electrons. The third-order valence-corrected chi connectivity index (χ3v) is 8.75. The second kappa shape index (κ2) is 6.30. The van der Waals surface area contributed by atoms with Crippen LogP contribution in [0.4, 0.5) is 0 Å². The van der Waals surface area contributed by atoms with Crippen LogP contribution in [0.25, 0.3) is 0 Å². The molecule has 0 fully saturated rings. The number of sulfone groups is 1. The summed E-state index contributed by atoms with van der Waals surface area (Å²) >= 11 is 0. The van der Waals surface area contributed by atoms with Crippen LogP contribution in [-0.2, 0) is 25.5 Å². The Kier molecular flexibility index (Phi) is 4.09. The second-order valence-corrected chi connectivity index (χ2v) is 9.51. The van der Waals surface area contributed by atoms with Crippen LogP contribution in [0.2, 0.25) is 0 Å². The Balaban J connectivity index is 2.08. The number of carbonyl (C=O) groups is 1. The summed E-state index contributed by atoms with van der Waals surface area (Å²) in [6.45, 7) is 0. The summed E-state index contributed by atoms with van der Waals surface area (Å²) in [6, 6.07) is 21.2. The number of methoxy groups -OCH3 is 1. The van der Waals surface area contributed by atoms with Crippen molar-refractivity contribution in [2.75, 3.05) is 7.11 Å². The zero-order valence-corrected chi connectivity index (χ0v) is 15.5. The molecule has 3 aromatic carbocycles. The van der Waals surface area contributed by atoms with E-state index < -0.39 is 26.7 Å². The van der Waals surface area contributed by atoms with Crippen molar-refractivity contribution in [3.05, 3.63) is 78.4 Å². The molecule has 1 aliphatic heterocycles. The first-order valence-electron chi connectivity index (χ1n) is 7.90. The van der Waals surface area contributed by atoms with Gasteiger partial charge in [0.25, 0.3) is 0 Å². The van der Waals surface area contributed by atoms with Crippen LogP contribution in [0, 0.1) is 0 Å². The summed E-state index contributed by atoms with van der Waals surface area (Å²) in [6.07, 6.45) is 0. The molecule has 4 nitrogen and oxygen atoms in total. The van der Waals surface area contributed by atoms with Crippen molar-refractivity contribution < 1.29 is 17.9 Å². The molecule has 0 unspecified atom stereocenters. The monoisotopic (exact) mass is 383 g/mol. The zero-order valence-electron chi connectivity index (χ0n) is 13.9. The van der Waals surface area contributed by atoms with Gasteiger partial charge in [0, 0.05) is 0 Å². The standard InChI is InChI=1S/C20H15O4S2/c1-24-20(21)14-8-2-3-9-15(14)25-16-10-4-6-12-18(16)26(22,23)19-13-7-5-11-17(19)25/h2-13H,1H3/q+1. The number of ether oxygens (including phenoxy) is 1. The van der Waals surface area contributed by atoms with Crippen molar-refractivity contribution in [3.63, 3.8) is 0 Å². The molecule has 6 heteroatoms. The van der Waals surface area contributed by atoms with Gasteiger partial charge in [-0.05, 0) is 36.4 Å². The maximum absolute atomic E-state index is 13.1. The smallest absolute Gasteiger partial charge is 0.343 e. The lowest BCUT2D eigenvalue weighted by Gasteiger charge is -2.20. The maximum atomic E-state index is 13.1. The van der Waals surface area contributed by atoms with Crippen molar-refractivity contribution >= 4 is 26.7 Å². The fourth-order valence-corrected chi connectivity index (χ4v) is 7.92. The molecule has 0 aliphatic carbocycles. The molecule has 1 heterocycles. The van der Waals surface area contributed by atoms with Gasteiger partial charge in [0.15, 0.2) is 14.7 Å². The zero-order chi connectivity index (χ0) is 18.3. The molecule has 0 radical (unpaired) electrons. The lowest BCUT2D eigenvalue weighted by molar-refractivity contribution is 0.0596. The van der Waals surface area contributed by atoms with E-state index in [0.717, 1.165) is 4.90 Å². The summed E-state index contributed by atoms with van der Waals surface area (Å²) in [7, 11) is -2.97. The number of carbonyl (C=O) groups excluding carboxylic acids is 1. The lowest BCUT2D eigenvalue weighted by Crippen LogP contribution is -2.22. The van der Waals surface area contributed by atoms with Gasteiger partial charge in [-0.15, -0.1) is 0 Å². The van der Waals surface area contributed by atoms with Gasteiger partial charge in [-0.1, -0.05) is 36.4 Å². The molecule has 0 spiro atoms. The van der Waals surface area contributed by atoms with Gasteiger partial charge >= 0.3 is 5.97 Å². The number of benzene rings is 3. The molecular formula is C20H15O4S2+. The normalized spacial score (nSPS) is 15.0. The highest BCUT2D eigenvalue weighted by Crippen LogP contribution is 2.45. The van der Waals surface area contributed by atoms with Crippen LogP contribution in [0.1, 0.15) is 10.4 Å². The van der Waals surface area contributed by atoms with E-state index in [1.807, 2.05) is 36.4 Å². The van der Waals surface area contributed by atoms with Crippen molar-refractivity contribution in [3.8, 4) is 0 Å². The third-order valence-electron chi connectivity index (χ3n) is 4.23. The molecule has 0 saturated heterocycles. The highest BCUT2D eigenvalue weighted by atomic mass is 32.2. The largest absolute Gasteiger partial charge is 0.465 e. The quantitative estimate of drug-likeness (QED) is 0.391. The highest BCUT2D eigenvalue weighted by Gasteiger charge is 2.46. The predicted molar refractivity (Wildman–Crippen MR) is 98.3 cm³/mol. The molecule has 0 atom stereocenters. The number of hydrogen-bond acceptors (Lipinski definition) is 4. The van der Waals surface area contributed by atoms with Crippen molar-refractivity contribution in [2.24, 2.45) is 0 Å². The van der Waals surface area contributed by atoms with Crippen LogP contribution >= 0.6 is 0 Å². The maximum Gasteiger partial charge on any atom is 0.343 e. The molecule has 0 aromatic heterocycles. The van der Waals surface area contributed by atoms with Gasteiger partial charge in [-0.25, -0.2) is 13.2 Å². The number of rotatable bonds is 2. The van der Waals surface area contributed by atoms with E-state index in [2.05, 4.69) is 0 Å². The first-order chi connectivity index (χ1) is 12.6. The van der Waals surface area contributed by atoms with Crippen LogP contribution < -0.4 is 0 Å². The average Bonchev–Trinajstić information content (AvgIpc) is 2.68. The van der Waals surface area contributed by atoms with E-state index in [1.54, 1.807) is 36.4 Å². The van der Waals surface area contributed by atoms with E-state index in [0.29, 0.717) is 25.1 Å². The number of fused-ring (bicyclic) bond motifs is 2. The summed E-state index contributed by atoms with van der Waals surface area (Å²) in [4.78, 5) is 15.0. The highest BCUT2D eigenvalue weighted by molar-refractivity contribution is 8.00. The first-order valence-corrected chi connectivity index (χ1v) is 10.6. The third kappa shape index (κ3) is 2.45. The van der Waals surface area contributed by atoms with E-state index >= 15 is 0 Å². The van der Waals surface area contributed by atoms with Crippen LogP contribution in [0.3, 0.4) is 0 Å². The van der Waals surface area contributed by atoms with Gasteiger partial charge in [0.1, 0.15) is 26.2 Å². The Hall–Kier alpha value is -2.57. The minimum absolute atomic E-state index is 0.293. The number of esters is 1. The fraction of sp³-hybridized carbons (Fsp3) is 0.0500. The van der Waals surface area contributed by atoms with Crippen molar-refractivity contribution in [2.45, 2.75) is 24.5 Å². The summed E-state index contributed by atoms with van der Waals surface area (Å²) < 4.78 is 31.1. The molecule has 0 bridgehead atoms. The molecule has 0 saturated carbocycles. The van der Waals surface area contributed by atoms with E-state index in [4.69, 9.17) is 4.74 Å². The molecule has 0 N–H and O–H groups in total. The van der Waals surface area contributed by atoms with Crippen LogP contribution in [0.15, 0.2) is 97.3 Å². The Labute approximate surface area is 154 Å². The topological polar surface area (TPSA) is 60.4 Å². The Morgan fingerprint density at radius 1 is 0.769 bits per heavy atom. The van der Waals surface area contributed by atoms with Gasteiger partial charge in [0.2, 0.25) is 9.84 Å². The second-order valence-electron chi connectivity index (χ2n) is 5.69. The van der Waals surface area contributed by atoms with Crippen LogP contribution in [-0.4, -0.2) is 21.5 Å². The SMILES string of the molecule is COC(=O)c1ccccc1[S+]1c2ccccc2S(=O)(=O)c2ccccc21. The minimum atomic E-state index is -3.59. The van der Waals surface area contributed by atoms with Crippen molar-refractivity contribution in [1.82, 2.24) is 0 Å². The van der Waals surface area contributed by atoms with Gasteiger partial charge in [0.05, 0.1) is 7.11 Å². The van der Waals surface area contributed by atoms with E-state index in [1.165, 1.54) is 7.11 Å². The van der Waals surface area contributed by atoms with Gasteiger partial charge in [-0.3, -0.25) is 0 Å².